The van der Waals surface area contributed by atoms with Crippen molar-refractivity contribution >= 4 is 22.2 Å². The first-order valence-corrected chi connectivity index (χ1v) is 9.19. The molecule has 0 aromatic heterocycles. The van der Waals surface area contributed by atoms with Crippen molar-refractivity contribution < 1.29 is 15.0 Å². The van der Waals surface area contributed by atoms with Gasteiger partial charge in [0, 0.05) is 30.8 Å². The van der Waals surface area contributed by atoms with E-state index in [-0.39, 0.29) is 23.7 Å². The lowest BCUT2D eigenvalue weighted by atomic mass is 9.82. The van der Waals surface area contributed by atoms with Gasteiger partial charge in [-0.3, -0.25) is 4.79 Å². The number of likely N-dealkylation sites (N-methyl/N-ethyl adjacent to an activating group) is 1. The third kappa shape index (κ3) is 5.29. The Morgan fingerprint density at radius 1 is 1.12 bits per heavy atom. The second-order valence-corrected chi connectivity index (χ2v) is 8.49. The molecule has 0 radical (unpaired) electrons. The molecule has 4 heteroatoms. The van der Waals surface area contributed by atoms with Gasteiger partial charge in [-0.2, -0.15) is 0 Å². The molecule has 0 heterocycles. The average molecular weight is 357 g/mol. The monoisotopic (exact) mass is 357 g/mol. The van der Waals surface area contributed by atoms with Crippen LogP contribution in [-0.2, 0) is 0 Å². The molecule has 2 aromatic rings. The van der Waals surface area contributed by atoms with E-state index < -0.39 is 6.10 Å². The number of rotatable bonds is 7. The molecule has 2 N–H and O–H groups in total. The van der Waals surface area contributed by atoms with Crippen LogP contribution in [-0.4, -0.2) is 42.3 Å². The summed E-state index contributed by atoms with van der Waals surface area (Å²) >= 11 is 0. The highest BCUT2D eigenvalue weighted by atomic mass is 16.3. The molecule has 0 bridgehead atoms. The SMILES string of the molecule is CC(CC(C)(C)C)C(=O)c1ccc2cc(N(C)CC(O)CO)ccc2c1. The van der Waals surface area contributed by atoms with Gasteiger partial charge in [-0.15, -0.1) is 0 Å². The summed E-state index contributed by atoms with van der Waals surface area (Å²) in [6.07, 6.45) is 0.0980. The Hall–Kier alpha value is -1.91. The molecule has 0 saturated carbocycles. The zero-order valence-electron chi connectivity index (χ0n) is 16.5. The van der Waals surface area contributed by atoms with Crippen molar-refractivity contribution in [1.29, 1.82) is 0 Å². The number of hydrogen-bond donors (Lipinski definition) is 2. The highest BCUT2D eigenvalue weighted by molar-refractivity contribution is 6.01. The molecule has 2 aromatic carbocycles. The Labute approximate surface area is 156 Å². The fourth-order valence-corrected chi connectivity index (χ4v) is 3.40. The second-order valence-electron chi connectivity index (χ2n) is 8.49. The molecule has 0 fully saturated rings. The summed E-state index contributed by atoms with van der Waals surface area (Å²) in [5.74, 6) is 0.187. The van der Waals surface area contributed by atoms with Crippen molar-refractivity contribution in [3.8, 4) is 0 Å². The van der Waals surface area contributed by atoms with E-state index in [9.17, 15) is 9.90 Å². The molecule has 0 aliphatic rings. The fraction of sp³-hybridized carbons (Fsp3) is 0.500. The molecule has 0 aliphatic carbocycles. The molecular weight excluding hydrogens is 326 g/mol. The third-order valence-corrected chi connectivity index (χ3v) is 4.61. The maximum Gasteiger partial charge on any atom is 0.165 e. The lowest BCUT2D eigenvalue weighted by Crippen LogP contribution is -2.31. The first kappa shape index (κ1) is 20.4. The van der Waals surface area contributed by atoms with E-state index in [4.69, 9.17) is 5.11 Å². The summed E-state index contributed by atoms with van der Waals surface area (Å²) < 4.78 is 0. The number of Topliss-reactive ketones (excluding diaryl/α,β-unsaturated/α-hetero) is 1. The van der Waals surface area contributed by atoms with Gasteiger partial charge in [0.1, 0.15) is 0 Å². The summed E-state index contributed by atoms with van der Waals surface area (Å²) in [6, 6.07) is 11.8. The van der Waals surface area contributed by atoms with E-state index in [0.717, 1.165) is 28.4 Å². The van der Waals surface area contributed by atoms with E-state index in [2.05, 4.69) is 20.8 Å². The number of aliphatic hydroxyl groups is 2. The molecule has 0 aliphatic heterocycles. The van der Waals surface area contributed by atoms with Crippen molar-refractivity contribution in [1.82, 2.24) is 0 Å². The normalized spacial score (nSPS) is 14.3. The van der Waals surface area contributed by atoms with Crippen LogP contribution in [0.25, 0.3) is 10.8 Å². The van der Waals surface area contributed by atoms with Crippen LogP contribution in [0.2, 0.25) is 0 Å². The second kappa shape index (κ2) is 8.19. The quantitative estimate of drug-likeness (QED) is 0.738. The Kier molecular flexibility index (Phi) is 6.43. The van der Waals surface area contributed by atoms with Gasteiger partial charge >= 0.3 is 0 Å². The van der Waals surface area contributed by atoms with E-state index in [1.165, 1.54) is 0 Å². The molecule has 4 nitrogen and oxygen atoms in total. The Morgan fingerprint density at radius 2 is 1.73 bits per heavy atom. The molecule has 2 rings (SSSR count). The van der Waals surface area contributed by atoms with Crippen LogP contribution >= 0.6 is 0 Å². The van der Waals surface area contributed by atoms with Gasteiger partial charge in [0.15, 0.2) is 5.78 Å². The summed E-state index contributed by atoms with van der Waals surface area (Å²) in [7, 11) is 1.88. The minimum absolute atomic E-state index is 0.00201. The topological polar surface area (TPSA) is 60.8 Å². The predicted octanol–water partition coefficient (Wildman–Crippen LogP) is 3.88. The third-order valence-electron chi connectivity index (χ3n) is 4.61. The first-order chi connectivity index (χ1) is 12.1. The van der Waals surface area contributed by atoms with Gasteiger partial charge in [-0.05, 0) is 40.8 Å². The van der Waals surface area contributed by atoms with Crippen LogP contribution in [0.3, 0.4) is 0 Å². The van der Waals surface area contributed by atoms with E-state index in [1.54, 1.807) is 0 Å². The summed E-state index contributed by atoms with van der Waals surface area (Å²) in [5, 5.41) is 20.7. The predicted molar refractivity (Wildman–Crippen MR) is 108 cm³/mol. The minimum atomic E-state index is -0.764. The van der Waals surface area contributed by atoms with Gasteiger partial charge in [0.05, 0.1) is 12.7 Å². The average Bonchev–Trinajstić information content (AvgIpc) is 2.58. The maximum atomic E-state index is 12.7. The van der Waals surface area contributed by atoms with Crippen LogP contribution < -0.4 is 4.90 Å². The van der Waals surface area contributed by atoms with Crippen molar-refractivity contribution in [2.75, 3.05) is 25.1 Å². The molecule has 0 amide bonds. The van der Waals surface area contributed by atoms with Crippen LogP contribution in [0, 0.1) is 11.3 Å². The zero-order valence-corrected chi connectivity index (χ0v) is 16.5. The number of nitrogens with zero attached hydrogens (tertiary/aromatic N) is 1. The zero-order chi connectivity index (χ0) is 19.5. The van der Waals surface area contributed by atoms with Crippen molar-refractivity contribution in [2.24, 2.45) is 11.3 Å². The van der Waals surface area contributed by atoms with Crippen LogP contribution in [0.15, 0.2) is 36.4 Å². The molecule has 2 unspecified atom stereocenters. The number of aliphatic hydroxyl groups excluding tert-OH is 2. The molecule has 0 spiro atoms. The van der Waals surface area contributed by atoms with E-state index in [1.807, 2.05) is 55.3 Å². The van der Waals surface area contributed by atoms with Gasteiger partial charge < -0.3 is 15.1 Å². The van der Waals surface area contributed by atoms with Crippen LogP contribution in [0.5, 0.6) is 0 Å². The minimum Gasteiger partial charge on any atom is -0.394 e. The maximum absolute atomic E-state index is 12.7. The van der Waals surface area contributed by atoms with Gasteiger partial charge in [0.25, 0.3) is 0 Å². The first-order valence-electron chi connectivity index (χ1n) is 9.19. The Bertz CT molecular complexity index is 764. The van der Waals surface area contributed by atoms with E-state index >= 15 is 0 Å². The lowest BCUT2D eigenvalue weighted by Gasteiger charge is -2.23. The van der Waals surface area contributed by atoms with Crippen molar-refractivity contribution in [3.05, 3.63) is 42.0 Å². The highest BCUT2D eigenvalue weighted by Gasteiger charge is 2.22. The molecule has 0 saturated heterocycles. The number of fused-ring (bicyclic) bond motifs is 1. The standard InChI is InChI=1S/C22H31NO3/c1-15(12-22(2,3)4)21(26)18-7-6-17-11-19(9-8-16(17)10-18)23(5)13-20(25)14-24/h6-11,15,20,24-25H,12-14H2,1-5H3. The summed E-state index contributed by atoms with van der Waals surface area (Å²) in [4.78, 5) is 14.6. The molecule has 26 heavy (non-hydrogen) atoms. The van der Waals surface area contributed by atoms with E-state index in [0.29, 0.717) is 6.54 Å². The Balaban J connectivity index is 2.22. The van der Waals surface area contributed by atoms with Gasteiger partial charge in [-0.25, -0.2) is 0 Å². The van der Waals surface area contributed by atoms with Gasteiger partial charge in [-0.1, -0.05) is 45.9 Å². The van der Waals surface area contributed by atoms with Crippen LogP contribution in [0.4, 0.5) is 5.69 Å². The number of ketones is 1. The van der Waals surface area contributed by atoms with Crippen molar-refractivity contribution in [2.45, 2.75) is 40.2 Å². The highest BCUT2D eigenvalue weighted by Crippen LogP contribution is 2.28. The summed E-state index contributed by atoms with van der Waals surface area (Å²) in [6.45, 7) is 8.58. The summed E-state index contributed by atoms with van der Waals surface area (Å²) in [5.41, 5.74) is 1.85. The number of anilines is 1. The number of carbonyl (C=O) groups is 1. The number of carbonyl (C=O) groups excluding carboxylic acids is 1. The van der Waals surface area contributed by atoms with Crippen LogP contribution in [0.1, 0.15) is 44.5 Å². The molecule has 142 valence electrons. The largest absolute Gasteiger partial charge is 0.394 e. The molecule has 2 atom stereocenters. The smallest absolute Gasteiger partial charge is 0.165 e. The number of hydrogen-bond acceptors (Lipinski definition) is 4. The lowest BCUT2D eigenvalue weighted by molar-refractivity contribution is 0.0897. The van der Waals surface area contributed by atoms with Crippen molar-refractivity contribution in [3.63, 3.8) is 0 Å². The van der Waals surface area contributed by atoms with Gasteiger partial charge in [0.2, 0.25) is 0 Å². The number of benzene rings is 2. The molecular formula is C22H31NO3. The Morgan fingerprint density at radius 3 is 2.35 bits per heavy atom. The fourth-order valence-electron chi connectivity index (χ4n) is 3.40.